The van der Waals surface area contributed by atoms with Crippen molar-refractivity contribution in [2.24, 2.45) is 0 Å². The first-order chi connectivity index (χ1) is 15.6. The summed E-state index contributed by atoms with van der Waals surface area (Å²) < 4.78 is 23.9. The van der Waals surface area contributed by atoms with Gasteiger partial charge in [0.2, 0.25) is 0 Å². The van der Waals surface area contributed by atoms with Gasteiger partial charge in [0.25, 0.3) is 0 Å². The Bertz CT molecular complexity index is 1210. The van der Waals surface area contributed by atoms with E-state index in [0.29, 0.717) is 12.0 Å². The lowest BCUT2D eigenvalue weighted by atomic mass is 9.83. The Morgan fingerprint density at radius 1 is 0.875 bits per heavy atom. The molecule has 4 nitrogen and oxygen atoms in total. The number of para-hydroxylation sites is 1. The molecule has 0 aliphatic rings. The first-order valence-corrected chi connectivity index (χ1v) is 10.4. The number of carbonyl (C=O) groups excluding carboxylic acids is 1. The standard InChI is InChI=1S/C27H24FNO3/c1-31-22-14-9-18(10-15-22)23(26-16-11-20-5-3-4-6-25(20)29-26)17-24(27(30)32-2)19-7-12-21(28)13-8-19/h3-16,23-24H,17H2,1-2H3. The Hall–Kier alpha value is -3.73. The van der Waals surface area contributed by atoms with E-state index in [1.54, 1.807) is 19.2 Å². The number of ether oxygens (including phenoxy) is 2. The number of carbonyl (C=O) groups is 1. The van der Waals surface area contributed by atoms with Crippen LogP contribution in [0, 0.1) is 5.82 Å². The van der Waals surface area contributed by atoms with Crippen LogP contribution in [0.4, 0.5) is 4.39 Å². The van der Waals surface area contributed by atoms with Crippen LogP contribution in [0.5, 0.6) is 5.75 Å². The van der Waals surface area contributed by atoms with Crippen LogP contribution in [0.25, 0.3) is 10.9 Å². The number of aromatic nitrogens is 1. The Balaban J connectivity index is 1.79. The molecule has 1 aromatic heterocycles. The molecular formula is C27H24FNO3. The van der Waals surface area contributed by atoms with Gasteiger partial charge in [0, 0.05) is 17.0 Å². The summed E-state index contributed by atoms with van der Waals surface area (Å²) >= 11 is 0. The molecule has 0 radical (unpaired) electrons. The van der Waals surface area contributed by atoms with Gasteiger partial charge in [-0.3, -0.25) is 9.78 Å². The number of rotatable bonds is 7. The van der Waals surface area contributed by atoms with Crippen LogP contribution >= 0.6 is 0 Å². The van der Waals surface area contributed by atoms with E-state index in [-0.39, 0.29) is 17.7 Å². The Morgan fingerprint density at radius 3 is 2.25 bits per heavy atom. The number of hydrogen-bond acceptors (Lipinski definition) is 4. The van der Waals surface area contributed by atoms with E-state index < -0.39 is 5.92 Å². The zero-order valence-electron chi connectivity index (χ0n) is 18.0. The molecule has 3 aromatic carbocycles. The highest BCUT2D eigenvalue weighted by Gasteiger charge is 2.28. The summed E-state index contributed by atoms with van der Waals surface area (Å²) in [5, 5.41) is 1.05. The number of methoxy groups -OCH3 is 2. The number of pyridine rings is 1. The van der Waals surface area contributed by atoms with Crippen LogP contribution in [-0.4, -0.2) is 25.2 Å². The van der Waals surface area contributed by atoms with E-state index in [0.717, 1.165) is 27.9 Å². The summed E-state index contributed by atoms with van der Waals surface area (Å²) in [4.78, 5) is 17.6. The molecule has 0 fully saturated rings. The van der Waals surface area contributed by atoms with E-state index in [1.165, 1.54) is 19.2 Å². The summed E-state index contributed by atoms with van der Waals surface area (Å²) in [6.07, 6.45) is 0.427. The van der Waals surface area contributed by atoms with E-state index in [2.05, 4.69) is 0 Å². The molecule has 0 N–H and O–H groups in total. The lowest BCUT2D eigenvalue weighted by Crippen LogP contribution is -2.19. The molecule has 0 spiro atoms. The first kappa shape index (κ1) is 21.5. The van der Waals surface area contributed by atoms with Gasteiger partial charge in [-0.05, 0) is 53.9 Å². The molecular weight excluding hydrogens is 405 g/mol. The van der Waals surface area contributed by atoms with Gasteiger partial charge in [0.1, 0.15) is 11.6 Å². The summed E-state index contributed by atoms with van der Waals surface area (Å²) in [6, 6.07) is 25.7. The molecule has 0 aliphatic heterocycles. The molecule has 4 aromatic rings. The Labute approximate surface area is 186 Å². The molecule has 4 rings (SSSR count). The molecule has 32 heavy (non-hydrogen) atoms. The van der Waals surface area contributed by atoms with Crippen molar-refractivity contribution < 1.29 is 18.7 Å². The smallest absolute Gasteiger partial charge is 0.313 e. The fourth-order valence-electron chi connectivity index (χ4n) is 3.98. The summed E-state index contributed by atoms with van der Waals surface area (Å²) in [6.45, 7) is 0. The van der Waals surface area contributed by atoms with E-state index >= 15 is 0 Å². The maximum atomic E-state index is 13.5. The molecule has 0 bridgehead atoms. The van der Waals surface area contributed by atoms with Crippen LogP contribution in [0.15, 0.2) is 84.9 Å². The predicted octanol–water partition coefficient (Wildman–Crippen LogP) is 5.86. The molecule has 5 heteroatoms. The van der Waals surface area contributed by atoms with Gasteiger partial charge in [-0.25, -0.2) is 4.39 Å². The van der Waals surface area contributed by atoms with Gasteiger partial charge < -0.3 is 9.47 Å². The van der Waals surface area contributed by atoms with Crippen molar-refractivity contribution in [2.45, 2.75) is 18.3 Å². The molecule has 2 atom stereocenters. The Morgan fingerprint density at radius 2 is 1.56 bits per heavy atom. The Kier molecular flexibility index (Phi) is 6.45. The normalized spacial score (nSPS) is 12.8. The SMILES string of the molecule is COC(=O)C(CC(c1ccc(OC)cc1)c1ccc2ccccc2n1)c1ccc(F)cc1. The fraction of sp³-hybridized carbons (Fsp3) is 0.185. The molecule has 162 valence electrons. The predicted molar refractivity (Wildman–Crippen MR) is 122 cm³/mol. The quantitative estimate of drug-likeness (QED) is 0.345. The first-order valence-electron chi connectivity index (χ1n) is 10.4. The van der Waals surface area contributed by atoms with Gasteiger partial charge in [-0.2, -0.15) is 0 Å². The third-order valence-electron chi connectivity index (χ3n) is 5.72. The average Bonchev–Trinajstić information content (AvgIpc) is 2.85. The zero-order valence-corrected chi connectivity index (χ0v) is 18.0. The number of hydrogen-bond donors (Lipinski definition) is 0. The summed E-state index contributed by atoms with van der Waals surface area (Å²) in [7, 11) is 2.99. The highest BCUT2D eigenvalue weighted by Crippen LogP contribution is 2.36. The zero-order chi connectivity index (χ0) is 22.5. The number of nitrogens with zero attached hydrogens (tertiary/aromatic N) is 1. The summed E-state index contributed by atoms with van der Waals surface area (Å²) in [5.41, 5.74) is 3.45. The highest BCUT2D eigenvalue weighted by molar-refractivity contribution is 5.79. The maximum Gasteiger partial charge on any atom is 0.313 e. The third-order valence-corrected chi connectivity index (χ3v) is 5.72. The van der Waals surface area contributed by atoms with Crippen molar-refractivity contribution in [3.05, 3.63) is 108 Å². The van der Waals surface area contributed by atoms with Crippen molar-refractivity contribution in [3.63, 3.8) is 0 Å². The largest absolute Gasteiger partial charge is 0.497 e. The maximum absolute atomic E-state index is 13.5. The highest BCUT2D eigenvalue weighted by atomic mass is 19.1. The fourth-order valence-corrected chi connectivity index (χ4v) is 3.98. The second-order valence-electron chi connectivity index (χ2n) is 7.62. The van der Waals surface area contributed by atoms with Crippen molar-refractivity contribution in [2.75, 3.05) is 14.2 Å². The van der Waals surface area contributed by atoms with Crippen LogP contribution < -0.4 is 4.74 Å². The van der Waals surface area contributed by atoms with E-state index in [1.807, 2.05) is 60.7 Å². The topological polar surface area (TPSA) is 48.4 Å². The van der Waals surface area contributed by atoms with E-state index in [4.69, 9.17) is 14.5 Å². The lowest BCUT2D eigenvalue weighted by molar-refractivity contribution is -0.142. The number of benzene rings is 3. The molecule has 0 saturated carbocycles. The molecule has 0 amide bonds. The van der Waals surface area contributed by atoms with Crippen molar-refractivity contribution in [3.8, 4) is 5.75 Å². The molecule has 0 aliphatic carbocycles. The monoisotopic (exact) mass is 429 g/mol. The van der Waals surface area contributed by atoms with Gasteiger partial charge in [-0.1, -0.05) is 48.5 Å². The minimum atomic E-state index is -0.569. The van der Waals surface area contributed by atoms with Gasteiger partial charge >= 0.3 is 5.97 Å². The molecule has 1 heterocycles. The van der Waals surface area contributed by atoms with Crippen LogP contribution in [0.3, 0.4) is 0 Å². The van der Waals surface area contributed by atoms with Gasteiger partial charge in [0.15, 0.2) is 0 Å². The van der Waals surface area contributed by atoms with Crippen molar-refractivity contribution in [1.82, 2.24) is 4.98 Å². The summed E-state index contributed by atoms with van der Waals surface area (Å²) in [5.74, 6) is -0.709. The minimum absolute atomic E-state index is 0.181. The van der Waals surface area contributed by atoms with E-state index in [9.17, 15) is 9.18 Å². The lowest BCUT2D eigenvalue weighted by Gasteiger charge is -2.23. The van der Waals surface area contributed by atoms with Crippen LogP contribution in [-0.2, 0) is 9.53 Å². The van der Waals surface area contributed by atoms with Crippen LogP contribution in [0.1, 0.15) is 35.1 Å². The van der Waals surface area contributed by atoms with Crippen LogP contribution in [0.2, 0.25) is 0 Å². The minimum Gasteiger partial charge on any atom is -0.497 e. The van der Waals surface area contributed by atoms with Gasteiger partial charge in [-0.15, -0.1) is 0 Å². The van der Waals surface area contributed by atoms with Crippen molar-refractivity contribution >= 4 is 16.9 Å². The number of esters is 1. The second-order valence-corrected chi connectivity index (χ2v) is 7.62. The third kappa shape index (κ3) is 4.62. The number of fused-ring (bicyclic) bond motifs is 1. The molecule has 0 saturated heterocycles. The molecule has 2 unspecified atom stereocenters. The second kappa shape index (κ2) is 9.60. The van der Waals surface area contributed by atoms with Gasteiger partial charge in [0.05, 0.1) is 25.7 Å². The average molecular weight is 429 g/mol. The number of halogens is 1. The van der Waals surface area contributed by atoms with Crippen molar-refractivity contribution in [1.29, 1.82) is 0 Å².